The Balaban J connectivity index is 1.60. The van der Waals surface area contributed by atoms with E-state index < -0.39 is 0 Å². The molecule has 6 nitrogen and oxygen atoms in total. The van der Waals surface area contributed by atoms with Crippen LogP contribution in [0.4, 0.5) is 4.39 Å². The van der Waals surface area contributed by atoms with Crippen LogP contribution in [0.25, 0.3) is 17.3 Å². The van der Waals surface area contributed by atoms with E-state index in [1.165, 1.54) is 10.7 Å². The summed E-state index contributed by atoms with van der Waals surface area (Å²) in [4.78, 5) is 4.46. The lowest BCUT2D eigenvalue weighted by Crippen LogP contribution is -2.15. The summed E-state index contributed by atoms with van der Waals surface area (Å²) in [5.74, 6) is 1.05. The quantitative estimate of drug-likeness (QED) is 0.687. The third-order valence-electron chi connectivity index (χ3n) is 4.06. The molecule has 0 spiro atoms. The summed E-state index contributed by atoms with van der Waals surface area (Å²) in [5, 5.41) is 4.39. The van der Waals surface area contributed by atoms with Gasteiger partial charge in [0.1, 0.15) is 18.1 Å². The molecule has 0 radical (unpaired) electrons. The number of para-hydroxylation sites is 1. The van der Waals surface area contributed by atoms with Gasteiger partial charge in [-0.2, -0.15) is 0 Å². The summed E-state index contributed by atoms with van der Waals surface area (Å²) in [6.07, 6.45) is 3.72. The zero-order valence-corrected chi connectivity index (χ0v) is 13.6. The highest BCUT2D eigenvalue weighted by Crippen LogP contribution is 2.21. The van der Waals surface area contributed by atoms with Crippen molar-refractivity contribution in [1.29, 1.82) is 0 Å². The highest BCUT2D eigenvalue weighted by atomic mass is 19.1. The van der Waals surface area contributed by atoms with Crippen LogP contribution in [0.3, 0.4) is 0 Å². The van der Waals surface area contributed by atoms with Crippen molar-refractivity contribution >= 4 is 0 Å². The monoisotopic (exact) mass is 343 g/mol. The molecule has 25 heavy (non-hydrogen) atoms. The first kappa shape index (κ1) is 16.0. The third-order valence-corrected chi connectivity index (χ3v) is 4.06. The molecule has 2 aromatic heterocycles. The largest absolute Gasteiger partial charge is 0.461 e. The van der Waals surface area contributed by atoms with Gasteiger partial charge in [0.2, 0.25) is 5.82 Å². The van der Waals surface area contributed by atoms with Crippen LogP contribution >= 0.6 is 0 Å². The Morgan fingerprint density at radius 1 is 1.24 bits per heavy atom. The molecule has 0 aliphatic carbocycles. The molecule has 0 unspecified atom stereocenters. The number of hydrogen-bond acceptors (Lipinski definition) is 5. The third kappa shape index (κ3) is 3.47. The molecule has 0 bridgehead atoms. The van der Waals surface area contributed by atoms with Crippen LogP contribution in [0.5, 0.6) is 0 Å². The Bertz CT molecular complexity index is 826. The predicted octanol–water partition coefficient (Wildman–Crippen LogP) is 3.36. The first-order valence-corrected chi connectivity index (χ1v) is 8.25. The van der Waals surface area contributed by atoms with Gasteiger partial charge < -0.3 is 13.9 Å². The normalized spacial score (nSPS) is 17.2. The molecule has 1 aliphatic heterocycles. The molecule has 0 saturated carbocycles. The number of halogens is 1. The highest BCUT2D eigenvalue weighted by molar-refractivity contribution is 5.47. The van der Waals surface area contributed by atoms with Gasteiger partial charge in [0.15, 0.2) is 11.6 Å². The van der Waals surface area contributed by atoms with E-state index in [4.69, 9.17) is 13.9 Å². The Morgan fingerprint density at radius 2 is 2.16 bits per heavy atom. The van der Waals surface area contributed by atoms with Gasteiger partial charge >= 0.3 is 0 Å². The van der Waals surface area contributed by atoms with Crippen LogP contribution < -0.4 is 0 Å². The molecule has 0 amide bonds. The number of furan rings is 1. The summed E-state index contributed by atoms with van der Waals surface area (Å²) in [7, 11) is 0. The Kier molecular flexibility index (Phi) is 4.58. The minimum absolute atomic E-state index is 0.120. The SMILES string of the molecule is Fc1ccccc1-n1nc(-c2ccco2)nc1COC[C@@H]1CCCO1. The number of aromatic nitrogens is 3. The van der Waals surface area contributed by atoms with Crippen LogP contribution in [0.15, 0.2) is 47.1 Å². The number of hydrogen-bond donors (Lipinski definition) is 0. The second kappa shape index (κ2) is 7.16. The van der Waals surface area contributed by atoms with E-state index in [9.17, 15) is 4.39 Å². The van der Waals surface area contributed by atoms with Gasteiger partial charge in [0.25, 0.3) is 0 Å². The van der Waals surface area contributed by atoms with Crippen LogP contribution in [0.2, 0.25) is 0 Å². The fraction of sp³-hybridized carbons (Fsp3) is 0.333. The molecule has 1 fully saturated rings. The predicted molar refractivity (Wildman–Crippen MR) is 87.6 cm³/mol. The number of rotatable bonds is 6. The molecule has 0 N–H and O–H groups in total. The molecular formula is C18H18FN3O3. The zero-order valence-electron chi connectivity index (χ0n) is 13.6. The lowest BCUT2D eigenvalue weighted by atomic mass is 10.2. The molecule has 1 aromatic carbocycles. The van der Waals surface area contributed by atoms with Crippen molar-refractivity contribution in [3.63, 3.8) is 0 Å². The van der Waals surface area contributed by atoms with Crippen molar-refractivity contribution in [1.82, 2.24) is 14.8 Å². The summed E-state index contributed by atoms with van der Waals surface area (Å²) in [6, 6.07) is 9.95. The van der Waals surface area contributed by atoms with E-state index in [2.05, 4.69) is 10.1 Å². The van der Waals surface area contributed by atoms with Crippen LogP contribution in [-0.2, 0) is 16.1 Å². The van der Waals surface area contributed by atoms with Crippen molar-refractivity contribution in [2.45, 2.75) is 25.6 Å². The van der Waals surface area contributed by atoms with Gasteiger partial charge in [-0.1, -0.05) is 12.1 Å². The Labute approximate surface area is 144 Å². The van der Waals surface area contributed by atoms with Gasteiger partial charge in [-0.3, -0.25) is 0 Å². The molecule has 4 rings (SSSR count). The highest BCUT2D eigenvalue weighted by Gasteiger charge is 2.19. The number of benzene rings is 1. The minimum Gasteiger partial charge on any atom is -0.461 e. The second-order valence-corrected chi connectivity index (χ2v) is 5.84. The molecule has 3 aromatic rings. The Hall–Kier alpha value is -2.51. The summed E-state index contributed by atoms with van der Waals surface area (Å²) >= 11 is 0. The average Bonchev–Trinajstić information content (AvgIpc) is 3.37. The smallest absolute Gasteiger partial charge is 0.217 e. The van der Waals surface area contributed by atoms with Crippen LogP contribution in [-0.4, -0.2) is 34.1 Å². The van der Waals surface area contributed by atoms with Crippen LogP contribution in [0, 0.1) is 5.82 Å². The van der Waals surface area contributed by atoms with Gasteiger partial charge in [-0.25, -0.2) is 14.1 Å². The van der Waals surface area contributed by atoms with E-state index in [1.807, 2.05) is 0 Å². The van der Waals surface area contributed by atoms with E-state index in [1.54, 1.807) is 36.6 Å². The topological polar surface area (TPSA) is 62.3 Å². The van der Waals surface area contributed by atoms with E-state index in [0.717, 1.165) is 19.4 Å². The molecule has 1 saturated heterocycles. The zero-order chi connectivity index (χ0) is 17.1. The summed E-state index contributed by atoms with van der Waals surface area (Å²) in [5.41, 5.74) is 0.323. The molecule has 7 heteroatoms. The fourth-order valence-corrected chi connectivity index (χ4v) is 2.82. The molecule has 1 atom stereocenters. The van der Waals surface area contributed by atoms with Crippen molar-refractivity contribution < 1.29 is 18.3 Å². The summed E-state index contributed by atoms with van der Waals surface area (Å²) < 4.78 is 32.3. The van der Waals surface area contributed by atoms with Crippen LogP contribution in [0.1, 0.15) is 18.7 Å². The standard InChI is InChI=1S/C18H18FN3O3/c19-14-6-1-2-7-15(14)22-17(12-23-11-13-5-3-9-24-13)20-18(21-22)16-8-4-10-25-16/h1-2,4,6-8,10,13H,3,5,9,11-12H2/t13-/m0/s1. The molecular weight excluding hydrogens is 325 g/mol. The van der Waals surface area contributed by atoms with E-state index in [-0.39, 0.29) is 18.5 Å². The molecule has 130 valence electrons. The van der Waals surface area contributed by atoms with E-state index in [0.29, 0.717) is 29.7 Å². The molecule has 3 heterocycles. The van der Waals surface area contributed by atoms with Gasteiger partial charge in [-0.05, 0) is 37.1 Å². The minimum atomic E-state index is -0.376. The van der Waals surface area contributed by atoms with Crippen molar-refractivity contribution in [2.75, 3.05) is 13.2 Å². The maximum absolute atomic E-state index is 14.2. The van der Waals surface area contributed by atoms with Crippen molar-refractivity contribution in [3.8, 4) is 17.3 Å². The number of nitrogens with zero attached hydrogens (tertiary/aromatic N) is 3. The maximum Gasteiger partial charge on any atom is 0.217 e. The first-order valence-electron chi connectivity index (χ1n) is 8.25. The second-order valence-electron chi connectivity index (χ2n) is 5.84. The van der Waals surface area contributed by atoms with E-state index >= 15 is 0 Å². The lowest BCUT2D eigenvalue weighted by Gasteiger charge is -2.10. The average molecular weight is 343 g/mol. The van der Waals surface area contributed by atoms with Crippen molar-refractivity contribution in [2.24, 2.45) is 0 Å². The fourth-order valence-electron chi connectivity index (χ4n) is 2.82. The number of ether oxygens (including phenoxy) is 2. The maximum atomic E-state index is 14.2. The Morgan fingerprint density at radius 3 is 2.92 bits per heavy atom. The molecule has 1 aliphatic rings. The summed E-state index contributed by atoms with van der Waals surface area (Å²) in [6.45, 7) is 1.48. The van der Waals surface area contributed by atoms with Gasteiger partial charge in [-0.15, -0.1) is 5.10 Å². The first-order chi connectivity index (χ1) is 12.3. The van der Waals surface area contributed by atoms with Gasteiger partial charge in [0, 0.05) is 6.61 Å². The van der Waals surface area contributed by atoms with Crippen molar-refractivity contribution in [3.05, 3.63) is 54.3 Å². The van der Waals surface area contributed by atoms with Gasteiger partial charge in [0.05, 0.1) is 19.0 Å². The lowest BCUT2D eigenvalue weighted by molar-refractivity contribution is 0.00816.